The van der Waals surface area contributed by atoms with Crippen LogP contribution in [0, 0.1) is 6.92 Å². The number of nitrogens with one attached hydrogen (secondary N) is 1. The molecule has 1 fully saturated rings. The first-order chi connectivity index (χ1) is 21.1. The van der Waals surface area contributed by atoms with Crippen molar-refractivity contribution in [2.75, 3.05) is 30.8 Å². The standard InChI is InChI=1S/C33H40N6O4S/c1-22-11-12-24(16-31(22)44(3,41)42)33(40)36-19-26-17-30-25(18-35-26)13-14-29(37-30)28-9-7-10-32(38-28)39-20-23(2)43-27(21-39)8-5-4-6-15-34/h7,9-14,16-18,23,27H,4-6,8,15,19-21,34H2,1-3H3,(H,36,40)/t23-,27+/m0/s1. The molecule has 10 nitrogen and oxygen atoms in total. The number of unbranched alkanes of at least 4 members (excludes halogenated alkanes) is 2. The number of pyridine rings is 3. The second-order valence-electron chi connectivity index (χ2n) is 11.5. The highest BCUT2D eigenvalue weighted by Gasteiger charge is 2.26. The molecule has 0 unspecified atom stereocenters. The summed E-state index contributed by atoms with van der Waals surface area (Å²) in [5, 5.41) is 3.71. The highest BCUT2D eigenvalue weighted by molar-refractivity contribution is 7.90. The number of fused-ring (bicyclic) bond motifs is 1. The van der Waals surface area contributed by atoms with Crippen molar-refractivity contribution in [2.24, 2.45) is 5.73 Å². The van der Waals surface area contributed by atoms with E-state index in [0.717, 1.165) is 79.7 Å². The Hall–Kier alpha value is -3.93. The van der Waals surface area contributed by atoms with E-state index in [0.29, 0.717) is 11.3 Å². The number of ether oxygens (including phenoxy) is 1. The van der Waals surface area contributed by atoms with Crippen molar-refractivity contribution in [3.05, 3.63) is 77.6 Å². The lowest BCUT2D eigenvalue weighted by Crippen LogP contribution is -2.47. The summed E-state index contributed by atoms with van der Waals surface area (Å²) in [6, 6.07) is 16.4. The van der Waals surface area contributed by atoms with Gasteiger partial charge in [-0.25, -0.2) is 18.4 Å². The van der Waals surface area contributed by atoms with Crippen LogP contribution >= 0.6 is 0 Å². The molecule has 4 aromatic rings. The molecule has 2 atom stereocenters. The number of morpholine rings is 1. The highest BCUT2D eigenvalue weighted by atomic mass is 32.2. The molecule has 5 rings (SSSR count). The van der Waals surface area contributed by atoms with E-state index < -0.39 is 9.84 Å². The Morgan fingerprint density at radius 1 is 1.05 bits per heavy atom. The predicted octanol–water partition coefficient (Wildman–Crippen LogP) is 4.45. The average Bonchev–Trinajstić information content (AvgIpc) is 3.01. The molecule has 232 valence electrons. The minimum Gasteiger partial charge on any atom is -0.372 e. The van der Waals surface area contributed by atoms with Crippen LogP contribution < -0.4 is 16.0 Å². The van der Waals surface area contributed by atoms with Gasteiger partial charge in [0.15, 0.2) is 9.84 Å². The van der Waals surface area contributed by atoms with Gasteiger partial charge in [-0.2, -0.15) is 0 Å². The lowest BCUT2D eigenvalue weighted by atomic mass is 10.1. The quantitative estimate of drug-likeness (QED) is 0.234. The Morgan fingerprint density at radius 3 is 2.66 bits per heavy atom. The van der Waals surface area contributed by atoms with Gasteiger partial charge in [0, 0.05) is 36.5 Å². The van der Waals surface area contributed by atoms with Gasteiger partial charge in [-0.15, -0.1) is 0 Å². The molecule has 1 saturated heterocycles. The third kappa shape index (κ3) is 7.77. The summed E-state index contributed by atoms with van der Waals surface area (Å²) in [6.45, 7) is 6.28. The van der Waals surface area contributed by atoms with Crippen LogP contribution in [0.15, 0.2) is 65.7 Å². The molecule has 1 amide bonds. The van der Waals surface area contributed by atoms with Crippen LogP contribution in [0.1, 0.15) is 54.2 Å². The molecule has 11 heteroatoms. The second kappa shape index (κ2) is 13.8. The predicted molar refractivity (Wildman–Crippen MR) is 172 cm³/mol. The maximum Gasteiger partial charge on any atom is 0.251 e. The summed E-state index contributed by atoms with van der Waals surface area (Å²) in [5.74, 6) is 0.523. The van der Waals surface area contributed by atoms with Gasteiger partial charge in [-0.1, -0.05) is 25.0 Å². The second-order valence-corrected chi connectivity index (χ2v) is 13.5. The molecular formula is C33H40N6O4S. The van der Waals surface area contributed by atoms with Gasteiger partial charge < -0.3 is 20.7 Å². The molecule has 1 aromatic carbocycles. The van der Waals surface area contributed by atoms with Crippen LogP contribution in [0.25, 0.3) is 22.3 Å². The molecule has 44 heavy (non-hydrogen) atoms. The number of rotatable bonds is 11. The zero-order valence-electron chi connectivity index (χ0n) is 25.5. The number of hydrogen-bond acceptors (Lipinski definition) is 9. The van der Waals surface area contributed by atoms with Crippen molar-refractivity contribution in [1.29, 1.82) is 0 Å². The Balaban J connectivity index is 1.29. The van der Waals surface area contributed by atoms with E-state index in [2.05, 4.69) is 22.1 Å². The van der Waals surface area contributed by atoms with Crippen LogP contribution in [0.4, 0.5) is 5.82 Å². The number of anilines is 1. The van der Waals surface area contributed by atoms with E-state index >= 15 is 0 Å². The zero-order chi connectivity index (χ0) is 31.3. The van der Waals surface area contributed by atoms with Gasteiger partial charge in [0.25, 0.3) is 5.91 Å². The number of aromatic nitrogens is 3. The van der Waals surface area contributed by atoms with Crippen LogP contribution in [0.3, 0.4) is 0 Å². The molecule has 0 saturated carbocycles. The molecule has 1 aliphatic rings. The largest absolute Gasteiger partial charge is 0.372 e. The summed E-state index contributed by atoms with van der Waals surface area (Å²) in [7, 11) is -3.45. The molecule has 3 aromatic heterocycles. The molecule has 0 radical (unpaired) electrons. The fourth-order valence-corrected chi connectivity index (χ4v) is 6.53. The first kappa shape index (κ1) is 31.5. The fraction of sp³-hybridized carbons (Fsp3) is 0.394. The third-order valence-electron chi connectivity index (χ3n) is 7.79. The molecule has 1 aliphatic heterocycles. The smallest absolute Gasteiger partial charge is 0.251 e. The maximum absolute atomic E-state index is 12.8. The molecule has 0 spiro atoms. The van der Waals surface area contributed by atoms with E-state index in [-0.39, 0.29) is 35.1 Å². The summed E-state index contributed by atoms with van der Waals surface area (Å²) in [5.41, 5.74) is 9.40. The van der Waals surface area contributed by atoms with Crippen LogP contribution in [-0.2, 0) is 21.1 Å². The number of carbonyl (C=O) groups excluding carboxylic acids is 1. The SMILES string of the molecule is Cc1ccc(C(=O)NCc2cc3nc(-c4cccc(N5C[C@@H](CCCCCN)O[C@@H](C)C5)n4)ccc3cn2)cc1S(C)(=O)=O. The van der Waals surface area contributed by atoms with Crippen molar-refractivity contribution in [3.63, 3.8) is 0 Å². The lowest BCUT2D eigenvalue weighted by Gasteiger charge is -2.37. The molecule has 0 bridgehead atoms. The van der Waals surface area contributed by atoms with E-state index in [1.54, 1.807) is 25.3 Å². The number of hydrogen-bond donors (Lipinski definition) is 2. The van der Waals surface area contributed by atoms with E-state index in [1.807, 2.05) is 36.4 Å². The highest BCUT2D eigenvalue weighted by Crippen LogP contribution is 2.25. The number of amides is 1. The first-order valence-electron chi connectivity index (χ1n) is 15.0. The van der Waals surface area contributed by atoms with Gasteiger partial charge in [0.05, 0.1) is 46.2 Å². The third-order valence-corrected chi connectivity index (χ3v) is 9.03. The van der Waals surface area contributed by atoms with Crippen molar-refractivity contribution < 1.29 is 17.9 Å². The minimum absolute atomic E-state index is 0.117. The Morgan fingerprint density at radius 2 is 1.86 bits per heavy atom. The Bertz CT molecular complexity index is 1750. The Labute approximate surface area is 259 Å². The van der Waals surface area contributed by atoms with Crippen molar-refractivity contribution in [2.45, 2.75) is 63.2 Å². The molecule has 3 N–H and O–H groups in total. The molecular weight excluding hydrogens is 576 g/mol. The Kier molecular flexibility index (Phi) is 9.87. The van der Waals surface area contributed by atoms with Gasteiger partial charge in [-0.3, -0.25) is 9.78 Å². The zero-order valence-corrected chi connectivity index (χ0v) is 26.3. The molecule has 0 aliphatic carbocycles. The summed E-state index contributed by atoms with van der Waals surface area (Å²) in [6.07, 6.45) is 7.43. The van der Waals surface area contributed by atoms with E-state index in [1.165, 1.54) is 6.07 Å². The number of nitrogens with zero attached hydrogens (tertiary/aromatic N) is 4. The monoisotopic (exact) mass is 616 g/mol. The minimum atomic E-state index is -3.45. The fourth-order valence-electron chi connectivity index (χ4n) is 5.54. The van der Waals surface area contributed by atoms with Crippen molar-refractivity contribution in [1.82, 2.24) is 20.3 Å². The summed E-state index contributed by atoms with van der Waals surface area (Å²) < 4.78 is 30.4. The maximum atomic E-state index is 12.8. The summed E-state index contributed by atoms with van der Waals surface area (Å²) >= 11 is 0. The van der Waals surface area contributed by atoms with E-state index in [4.69, 9.17) is 20.4 Å². The van der Waals surface area contributed by atoms with Crippen LogP contribution in [0.5, 0.6) is 0 Å². The normalized spacial score (nSPS) is 17.1. The topological polar surface area (TPSA) is 140 Å². The van der Waals surface area contributed by atoms with Crippen LogP contribution in [0.2, 0.25) is 0 Å². The number of benzene rings is 1. The van der Waals surface area contributed by atoms with Gasteiger partial charge >= 0.3 is 0 Å². The number of carbonyl (C=O) groups is 1. The van der Waals surface area contributed by atoms with Gasteiger partial charge in [0.1, 0.15) is 5.82 Å². The molecule has 4 heterocycles. The van der Waals surface area contributed by atoms with Crippen molar-refractivity contribution >= 4 is 32.5 Å². The first-order valence-corrected chi connectivity index (χ1v) is 16.9. The van der Waals surface area contributed by atoms with Gasteiger partial charge in [0.2, 0.25) is 0 Å². The number of nitrogens with two attached hydrogens (primary N) is 1. The van der Waals surface area contributed by atoms with Crippen LogP contribution in [-0.4, -0.2) is 67.4 Å². The lowest BCUT2D eigenvalue weighted by molar-refractivity contribution is -0.0210. The van der Waals surface area contributed by atoms with E-state index in [9.17, 15) is 13.2 Å². The number of aryl methyl sites for hydroxylation is 1. The van der Waals surface area contributed by atoms with Gasteiger partial charge in [-0.05, 0) is 81.3 Å². The summed E-state index contributed by atoms with van der Waals surface area (Å²) in [4.78, 5) is 29.6. The average molecular weight is 617 g/mol. The van der Waals surface area contributed by atoms with Crippen molar-refractivity contribution in [3.8, 4) is 11.4 Å². The number of sulfone groups is 1.